The molecule has 1 aliphatic rings. The lowest BCUT2D eigenvalue weighted by Crippen LogP contribution is -2.47. The summed E-state index contributed by atoms with van der Waals surface area (Å²) in [6.07, 6.45) is 4.08. The van der Waals surface area contributed by atoms with Crippen molar-refractivity contribution in [2.45, 2.75) is 32.7 Å². The van der Waals surface area contributed by atoms with Crippen LogP contribution in [0.25, 0.3) is 0 Å². The van der Waals surface area contributed by atoms with Gasteiger partial charge in [0.2, 0.25) is 0 Å². The maximum absolute atomic E-state index is 4.31. The third-order valence-electron chi connectivity index (χ3n) is 4.19. The normalized spacial score (nSPS) is 18.3. The molecule has 6 heteroatoms. The zero-order chi connectivity index (χ0) is 15.5. The number of likely N-dealkylation sites (N-methyl/N-ethyl adjacent to an activating group) is 1. The van der Waals surface area contributed by atoms with Crippen molar-refractivity contribution in [2.24, 2.45) is 0 Å². The van der Waals surface area contributed by atoms with E-state index in [4.69, 9.17) is 0 Å². The SMILES string of the molecule is Cc1cnnc(N(C)C2CCCN(c3ccc(C)nn3)C2)c1. The van der Waals surface area contributed by atoms with Gasteiger partial charge in [0.15, 0.2) is 11.6 Å². The third-order valence-corrected chi connectivity index (χ3v) is 4.19. The van der Waals surface area contributed by atoms with Gasteiger partial charge in [0, 0.05) is 26.2 Å². The quantitative estimate of drug-likeness (QED) is 0.863. The lowest BCUT2D eigenvalue weighted by atomic mass is 10.0. The highest BCUT2D eigenvalue weighted by atomic mass is 15.3. The zero-order valence-electron chi connectivity index (χ0n) is 13.4. The van der Waals surface area contributed by atoms with Crippen LogP contribution in [0.1, 0.15) is 24.1 Å². The van der Waals surface area contributed by atoms with E-state index in [-0.39, 0.29) is 0 Å². The van der Waals surface area contributed by atoms with Crippen molar-refractivity contribution >= 4 is 11.6 Å². The van der Waals surface area contributed by atoms with E-state index >= 15 is 0 Å². The molecule has 2 aromatic heterocycles. The molecular formula is C16H22N6. The van der Waals surface area contributed by atoms with Gasteiger partial charge in [-0.05, 0) is 50.5 Å². The Kier molecular flexibility index (Phi) is 4.18. The van der Waals surface area contributed by atoms with Crippen molar-refractivity contribution in [1.82, 2.24) is 20.4 Å². The Hall–Kier alpha value is -2.24. The number of hydrogen-bond donors (Lipinski definition) is 0. The summed E-state index contributed by atoms with van der Waals surface area (Å²) >= 11 is 0. The van der Waals surface area contributed by atoms with Crippen LogP contribution in [0.4, 0.5) is 11.6 Å². The second kappa shape index (κ2) is 6.25. The number of aromatic nitrogens is 4. The van der Waals surface area contributed by atoms with Gasteiger partial charge in [-0.3, -0.25) is 0 Å². The zero-order valence-corrected chi connectivity index (χ0v) is 13.4. The third kappa shape index (κ3) is 3.16. The number of anilines is 2. The largest absolute Gasteiger partial charge is 0.353 e. The minimum Gasteiger partial charge on any atom is -0.353 e. The summed E-state index contributed by atoms with van der Waals surface area (Å²) in [6.45, 7) is 5.96. The molecular weight excluding hydrogens is 276 g/mol. The molecule has 1 saturated heterocycles. The maximum Gasteiger partial charge on any atom is 0.151 e. The fourth-order valence-corrected chi connectivity index (χ4v) is 2.85. The van der Waals surface area contributed by atoms with E-state index in [1.165, 1.54) is 0 Å². The first-order valence-corrected chi connectivity index (χ1v) is 7.71. The van der Waals surface area contributed by atoms with Crippen molar-refractivity contribution in [3.8, 4) is 0 Å². The van der Waals surface area contributed by atoms with E-state index in [2.05, 4.69) is 49.4 Å². The molecule has 116 valence electrons. The Balaban J connectivity index is 1.73. The topological polar surface area (TPSA) is 58.0 Å². The lowest BCUT2D eigenvalue weighted by molar-refractivity contribution is 0.481. The molecule has 3 heterocycles. The number of aryl methyl sites for hydroxylation is 2. The van der Waals surface area contributed by atoms with E-state index in [9.17, 15) is 0 Å². The average Bonchev–Trinajstić information content (AvgIpc) is 2.55. The Morgan fingerprint density at radius 3 is 2.77 bits per heavy atom. The van der Waals surface area contributed by atoms with Gasteiger partial charge in [0.25, 0.3) is 0 Å². The second-order valence-electron chi connectivity index (χ2n) is 5.98. The summed E-state index contributed by atoms with van der Waals surface area (Å²) in [5, 5.41) is 16.8. The molecule has 0 bridgehead atoms. The molecule has 3 rings (SSSR count). The highest BCUT2D eigenvalue weighted by Gasteiger charge is 2.25. The fourth-order valence-electron chi connectivity index (χ4n) is 2.85. The molecule has 0 aliphatic carbocycles. The van der Waals surface area contributed by atoms with Crippen LogP contribution in [-0.4, -0.2) is 46.6 Å². The van der Waals surface area contributed by atoms with Gasteiger partial charge in [-0.25, -0.2) is 0 Å². The highest BCUT2D eigenvalue weighted by Crippen LogP contribution is 2.22. The summed E-state index contributed by atoms with van der Waals surface area (Å²) in [4.78, 5) is 4.54. The molecule has 0 radical (unpaired) electrons. The molecule has 1 unspecified atom stereocenters. The van der Waals surface area contributed by atoms with Crippen LogP contribution in [0.5, 0.6) is 0 Å². The number of piperidine rings is 1. The van der Waals surface area contributed by atoms with E-state index < -0.39 is 0 Å². The summed E-state index contributed by atoms with van der Waals surface area (Å²) < 4.78 is 0. The summed E-state index contributed by atoms with van der Waals surface area (Å²) in [5.74, 6) is 1.89. The lowest BCUT2D eigenvalue weighted by Gasteiger charge is -2.38. The predicted molar refractivity (Wildman–Crippen MR) is 87.2 cm³/mol. The fraction of sp³-hybridized carbons (Fsp3) is 0.500. The van der Waals surface area contributed by atoms with Crippen LogP contribution in [0.3, 0.4) is 0 Å². The molecule has 0 aromatic carbocycles. The first kappa shape index (κ1) is 14.7. The second-order valence-corrected chi connectivity index (χ2v) is 5.98. The van der Waals surface area contributed by atoms with Gasteiger partial charge in [-0.15, -0.1) is 10.2 Å². The number of rotatable bonds is 3. The smallest absolute Gasteiger partial charge is 0.151 e. The molecule has 0 spiro atoms. The van der Waals surface area contributed by atoms with Crippen LogP contribution in [0.15, 0.2) is 24.4 Å². The van der Waals surface area contributed by atoms with Crippen molar-refractivity contribution in [3.05, 3.63) is 35.7 Å². The van der Waals surface area contributed by atoms with Gasteiger partial charge in [0.05, 0.1) is 11.9 Å². The molecule has 6 nitrogen and oxygen atoms in total. The van der Waals surface area contributed by atoms with E-state index in [1.807, 2.05) is 19.9 Å². The monoisotopic (exact) mass is 298 g/mol. The Labute approximate surface area is 131 Å². The number of hydrogen-bond acceptors (Lipinski definition) is 6. The average molecular weight is 298 g/mol. The molecule has 1 atom stereocenters. The Bertz CT molecular complexity index is 627. The standard InChI is InChI=1S/C16H22N6/c1-12-9-16(19-17-10-12)21(3)14-5-4-8-22(11-14)15-7-6-13(2)18-20-15/h6-7,9-10,14H,4-5,8,11H2,1-3H3. The Morgan fingerprint density at radius 2 is 2.05 bits per heavy atom. The van der Waals surface area contributed by atoms with Gasteiger partial charge in [-0.2, -0.15) is 10.2 Å². The van der Waals surface area contributed by atoms with Crippen molar-refractivity contribution < 1.29 is 0 Å². The highest BCUT2D eigenvalue weighted by molar-refractivity contribution is 5.43. The molecule has 0 saturated carbocycles. The molecule has 0 amide bonds. The van der Waals surface area contributed by atoms with Crippen molar-refractivity contribution in [1.29, 1.82) is 0 Å². The van der Waals surface area contributed by atoms with Crippen LogP contribution in [-0.2, 0) is 0 Å². The minimum absolute atomic E-state index is 0.410. The van der Waals surface area contributed by atoms with Crippen LogP contribution in [0, 0.1) is 13.8 Å². The van der Waals surface area contributed by atoms with Gasteiger partial charge >= 0.3 is 0 Å². The van der Waals surface area contributed by atoms with E-state index in [0.717, 1.165) is 48.8 Å². The molecule has 2 aromatic rings. The maximum atomic E-state index is 4.31. The summed E-state index contributed by atoms with van der Waals surface area (Å²) in [7, 11) is 2.10. The van der Waals surface area contributed by atoms with Crippen LogP contribution in [0.2, 0.25) is 0 Å². The first-order valence-electron chi connectivity index (χ1n) is 7.71. The summed E-state index contributed by atoms with van der Waals surface area (Å²) in [5.41, 5.74) is 2.08. The van der Waals surface area contributed by atoms with Gasteiger partial charge in [-0.1, -0.05) is 0 Å². The molecule has 1 fully saturated rings. The molecule has 22 heavy (non-hydrogen) atoms. The predicted octanol–water partition coefficient (Wildman–Crippen LogP) is 1.99. The molecule has 1 aliphatic heterocycles. The van der Waals surface area contributed by atoms with Crippen LogP contribution < -0.4 is 9.80 Å². The molecule has 0 N–H and O–H groups in total. The van der Waals surface area contributed by atoms with Gasteiger partial charge in [0.1, 0.15) is 0 Å². The summed E-state index contributed by atoms with van der Waals surface area (Å²) in [6, 6.07) is 6.56. The minimum atomic E-state index is 0.410. The van der Waals surface area contributed by atoms with E-state index in [0.29, 0.717) is 6.04 Å². The van der Waals surface area contributed by atoms with E-state index in [1.54, 1.807) is 6.20 Å². The van der Waals surface area contributed by atoms with Crippen molar-refractivity contribution in [2.75, 3.05) is 29.9 Å². The number of nitrogens with zero attached hydrogens (tertiary/aromatic N) is 6. The Morgan fingerprint density at radius 1 is 1.18 bits per heavy atom. The first-order chi connectivity index (χ1) is 10.6. The van der Waals surface area contributed by atoms with Crippen LogP contribution >= 0.6 is 0 Å². The van der Waals surface area contributed by atoms with Gasteiger partial charge < -0.3 is 9.80 Å². The van der Waals surface area contributed by atoms with Crippen molar-refractivity contribution in [3.63, 3.8) is 0 Å².